The van der Waals surface area contributed by atoms with E-state index in [1.165, 1.54) is 11.1 Å². The SMILES string of the molecule is CCCC(CC)Oc1ccccc1NC(=O)C(=O)Nc1ccc2c(c1)CCC2. The summed E-state index contributed by atoms with van der Waals surface area (Å²) in [5.41, 5.74) is 3.73. The van der Waals surface area contributed by atoms with E-state index in [2.05, 4.69) is 24.5 Å². The molecule has 0 bridgehead atoms. The first-order valence-corrected chi connectivity index (χ1v) is 10.1. The summed E-state index contributed by atoms with van der Waals surface area (Å²) in [6.07, 6.45) is 6.18. The molecule has 28 heavy (non-hydrogen) atoms. The zero-order valence-electron chi connectivity index (χ0n) is 16.6. The fourth-order valence-electron chi connectivity index (χ4n) is 3.54. The normalized spacial score (nSPS) is 13.5. The lowest BCUT2D eigenvalue weighted by Gasteiger charge is -2.19. The van der Waals surface area contributed by atoms with Crippen LogP contribution in [0.2, 0.25) is 0 Å². The summed E-state index contributed by atoms with van der Waals surface area (Å²) in [5.74, 6) is -0.810. The monoisotopic (exact) mass is 380 g/mol. The Hall–Kier alpha value is -2.82. The van der Waals surface area contributed by atoms with Gasteiger partial charge in [0.25, 0.3) is 0 Å². The van der Waals surface area contributed by atoms with Gasteiger partial charge in [0.2, 0.25) is 0 Å². The van der Waals surface area contributed by atoms with Crippen molar-refractivity contribution in [2.24, 2.45) is 0 Å². The third-order valence-electron chi connectivity index (χ3n) is 5.06. The van der Waals surface area contributed by atoms with Crippen molar-refractivity contribution in [1.29, 1.82) is 0 Å². The summed E-state index contributed by atoms with van der Waals surface area (Å²) >= 11 is 0. The second-order valence-corrected chi connectivity index (χ2v) is 7.18. The number of benzene rings is 2. The number of amides is 2. The lowest BCUT2D eigenvalue weighted by molar-refractivity contribution is -0.133. The minimum atomic E-state index is -0.708. The average molecular weight is 380 g/mol. The van der Waals surface area contributed by atoms with Crippen LogP contribution in [-0.4, -0.2) is 17.9 Å². The highest BCUT2D eigenvalue weighted by Crippen LogP contribution is 2.27. The van der Waals surface area contributed by atoms with Gasteiger partial charge in [-0.05, 0) is 67.5 Å². The van der Waals surface area contributed by atoms with Gasteiger partial charge in [0, 0.05) is 5.69 Å². The third-order valence-corrected chi connectivity index (χ3v) is 5.06. The predicted octanol–water partition coefficient (Wildman–Crippen LogP) is 4.71. The topological polar surface area (TPSA) is 67.4 Å². The van der Waals surface area contributed by atoms with E-state index in [1.807, 2.05) is 36.4 Å². The smallest absolute Gasteiger partial charge is 0.314 e. The minimum Gasteiger partial charge on any atom is -0.488 e. The van der Waals surface area contributed by atoms with Gasteiger partial charge in [0.1, 0.15) is 5.75 Å². The van der Waals surface area contributed by atoms with Crippen molar-refractivity contribution in [3.8, 4) is 5.75 Å². The first kappa shape index (κ1) is 19.9. The second kappa shape index (κ2) is 9.40. The van der Waals surface area contributed by atoms with Crippen molar-refractivity contribution in [2.45, 2.75) is 58.5 Å². The van der Waals surface area contributed by atoms with Gasteiger partial charge in [0.15, 0.2) is 0 Å². The van der Waals surface area contributed by atoms with Crippen LogP contribution in [0.3, 0.4) is 0 Å². The number of rotatable bonds is 7. The summed E-state index contributed by atoms with van der Waals surface area (Å²) in [4.78, 5) is 24.8. The van der Waals surface area contributed by atoms with Gasteiger partial charge in [0.05, 0.1) is 11.8 Å². The van der Waals surface area contributed by atoms with E-state index in [9.17, 15) is 9.59 Å². The number of aryl methyl sites for hydroxylation is 2. The molecule has 0 heterocycles. The molecule has 2 N–H and O–H groups in total. The van der Waals surface area contributed by atoms with Gasteiger partial charge < -0.3 is 15.4 Å². The quantitative estimate of drug-likeness (QED) is 0.684. The number of nitrogens with one attached hydrogen (secondary N) is 2. The summed E-state index contributed by atoms with van der Waals surface area (Å²) in [6.45, 7) is 4.19. The Kier molecular flexibility index (Phi) is 6.69. The molecule has 1 unspecified atom stereocenters. The molecule has 0 saturated carbocycles. The highest BCUT2D eigenvalue weighted by molar-refractivity contribution is 6.43. The van der Waals surface area contributed by atoms with Crippen LogP contribution in [0, 0.1) is 0 Å². The number of carbonyl (C=O) groups is 2. The lowest BCUT2D eigenvalue weighted by Crippen LogP contribution is -2.29. The van der Waals surface area contributed by atoms with Crippen LogP contribution < -0.4 is 15.4 Å². The van der Waals surface area contributed by atoms with Crippen LogP contribution in [-0.2, 0) is 22.4 Å². The minimum absolute atomic E-state index is 0.0864. The number of hydrogen-bond acceptors (Lipinski definition) is 3. The first-order valence-electron chi connectivity index (χ1n) is 10.1. The molecule has 0 fully saturated rings. The molecule has 148 valence electrons. The van der Waals surface area contributed by atoms with Gasteiger partial charge in [-0.15, -0.1) is 0 Å². The molecule has 1 aliphatic carbocycles. The lowest BCUT2D eigenvalue weighted by atomic mass is 10.1. The predicted molar refractivity (Wildman–Crippen MR) is 112 cm³/mol. The summed E-state index contributed by atoms with van der Waals surface area (Å²) in [6, 6.07) is 13.1. The molecule has 0 radical (unpaired) electrons. The van der Waals surface area contributed by atoms with Crippen molar-refractivity contribution < 1.29 is 14.3 Å². The highest BCUT2D eigenvalue weighted by atomic mass is 16.5. The molecule has 0 aliphatic heterocycles. The summed E-state index contributed by atoms with van der Waals surface area (Å²) in [7, 11) is 0. The molecule has 1 atom stereocenters. The van der Waals surface area contributed by atoms with Crippen molar-refractivity contribution >= 4 is 23.2 Å². The molecule has 2 aromatic rings. The van der Waals surface area contributed by atoms with Crippen molar-refractivity contribution in [3.63, 3.8) is 0 Å². The third kappa shape index (κ3) is 4.91. The fourth-order valence-corrected chi connectivity index (χ4v) is 3.54. The van der Waals surface area contributed by atoms with Crippen molar-refractivity contribution in [3.05, 3.63) is 53.6 Å². The first-order chi connectivity index (χ1) is 13.6. The van der Waals surface area contributed by atoms with E-state index in [0.717, 1.165) is 38.5 Å². The van der Waals surface area contributed by atoms with E-state index >= 15 is 0 Å². The highest BCUT2D eigenvalue weighted by Gasteiger charge is 2.18. The van der Waals surface area contributed by atoms with Crippen molar-refractivity contribution in [1.82, 2.24) is 0 Å². The van der Waals surface area contributed by atoms with Crippen LogP contribution in [0.5, 0.6) is 5.75 Å². The number of carbonyl (C=O) groups excluding carboxylic acids is 2. The van der Waals surface area contributed by atoms with Gasteiger partial charge in [-0.25, -0.2) is 0 Å². The molecule has 1 aliphatic rings. The Morgan fingerprint density at radius 1 is 1.00 bits per heavy atom. The van der Waals surface area contributed by atoms with E-state index in [1.54, 1.807) is 6.07 Å². The van der Waals surface area contributed by atoms with Gasteiger partial charge in [-0.1, -0.05) is 38.5 Å². The van der Waals surface area contributed by atoms with E-state index in [0.29, 0.717) is 17.1 Å². The van der Waals surface area contributed by atoms with Crippen LogP contribution >= 0.6 is 0 Å². The zero-order chi connectivity index (χ0) is 19.9. The Balaban J connectivity index is 1.64. The Labute approximate surface area is 166 Å². The number of para-hydroxylation sites is 2. The maximum absolute atomic E-state index is 12.4. The van der Waals surface area contributed by atoms with Crippen molar-refractivity contribution in [2.75, 3.05) is 10.6 Å². The second-order valence-electron chi connectivity index (χ2n) is 7.18. The Morgan fingerprint density at radius 2 is 1.75 bits per heavy atom. The molecule has 5 heteroatoms. The van der Waals surface area contributed by atoms with Gasteiger partial charge in [-0.2, -0.15) is 0 Å². The van der Waals surface area contributed by atoms with Crippen LogP contribution in [0.4, 0.5) is 11.4 Å². The maximum atomic E-state index is 12.4. The number of hydrogen-bond donors (Lipinski definition) is 2. The fraction of sp³-hybridized carbons (Fsp3) is 0.391. The molecule has 0 spiro atoms. The molecular formula is C23H28N2O3. The van der Waals surface area contributed by atoms with Gasteiger partial charge >= 0.3 is 11.8 Å². The van der Waals surface area contributed by atoms with E-state index in [-0.39, 0.29) is 6.10 Å². The molecule has 3 rings (SSSR count). The van der Waals surface area contributed by atoms with Crippen LogP contribution in [0.1, 0.15) is 50.7 Å². The molecule has 0 saturated heterocycles. The standard InChI is InChI=1S/C23H28N2O3/c1-3-8-19(4-2)28-21-12-6-5-11-20(21)25-23(27)22(26)24-18-14-13-16-9-7-10-17(16)15-18/h5-6,11-15,19H,3-4,7-10H2,1-2H3,(H,24,26)(H,25,27). The van der Waals surface area contributed by atoms with Crippen LogP contribution in [0.15, 0.2) is 42.5 Å². The molecule has 0 aromatic heterocycles. The number of fused-ring (bicyclic) bond motifs is 1. The Morgan fingerprint density at radius 3 is 2.54 bits per heavy atom. The molecule has 2 amide bonds. The largest absolute Gasteiger partial charge is 0.488 e. The van der Waals surface area contributed by atoms with E-state index in [4.69, 9.17) is 4.74 Å². The maximum Gasteiger partial charge on any atom is 0.314 e. The molecule has 2 aromatic carbocycles. The summed E-state index contributed by atoms with van der Waals surface area (Å²) < 4.78 is 6.04. The molecular weight excluding hydrogens is 352 g/mol. The van der Waals surface area contributed by atoms with Gasteiger partial charge in [-0.3, -0.25) is 9.59 Å². The Bertz CT molecular complexity index is 847. The average Bonchev–Trinajstić information content (AvgIpc) is 3.16. The van der Waals surface area contributed by atoms with Crippen LogP contribution in [0.25, 0.3) is 0 Å². The zero-order valence-corrected chi connectivity index (χ0v) is 16.6. The van der Waals surface area contributed by atoms with E-state index < -0.39 is 11.8 Å². The molecule has 5 nitrogen and oxygen atoms in total. The number of ether oxygens (including phenoxy) is 1. The number of anilines is 2. The summed E-state index contributed by atoms with van der Waals surface area (Å²) in [5, 5.41) is 5.37.